The molecule has 14 heavy (non-hydrogen) atoms. The first kappa shape index (κ1) is 11.9. The Morgan fingerprint density at radius 1 is 1.36 bits per heavy atom. The highest BCUT2D eigenvalue weighted by atomic mass is 127. The Hall–Kier alpha value is -0.160. The Labute approximate surface area is 98.0 Å². The fourth-order valence-corrected chi connectivity index (χ4v) is 2.04. The molecule has 1 rings (SSSR count). The molecule has 1 unspecified atom stereocenters. The van der Waals surface area contributed by atoms with Gasteiger partial charge >= 0.3 is 0 Å². The first-order valence-electron chi connectivity index (χ1n) is 4.53. The maximum Gasteiger partial charge on any atom is 0.129 e. The Kier molecular flexibility index (Phi) is 3.53. The molecule has 1 aromatic rings. The Bertz CT molecular complexity index is 310. The topological polar surface area (TPSA) is 26.0 Å². The van der Waals surface area contributed by atoms with Crippen LogP contribution in [0.3, 0.4) is 0 Å². The number of hydrogen-bond donors (Lipinski definition) is 1. The summed E-state index contributed by atoms with van der Waals surface area (Å²) in [4.78, 5) is 0. The van der Waals surface area contributed by atoms with Gasteiger partial charge in [-0.2, -0.15) is 0 Å². The average molecular weight is 307 g/mol. The van der Waals surface area contributed by atoms with Crippen LogP contribution in [0.4, 0.5) is 4.39 Å². The first-order chi connectivity index (χ1) is 6.34. The SMILES string of the molecule is CC(C)(C)C(N)c1c(F)cccc1I. The number of halogens is 2. The van der Waals surface area contributed by atoms with Crippen LogP contribution in [0.5, 0.6) is 0 Å². The lowest BCUT2D eigenvalue weighted by Crippen LogP contribution is -2.28. The first-order valence-corrected chi connectivity index (χ1v) is 5.61. The molecule has 2 N–H and O–H groups in total. The van der Waals surface area contributed by atoms with E-state index in [-0.39, 0.29) is 17.3 Å². The fraction of sp³-hybridized carbons (Fsp3) is 0.455. The van der Waals surface area contributed by atoms with Gasteiger partial charge in [0.15, 0.2) is 0 Å². The van der Waals surface area contributed by atoms with Crippen molar-refractivity contribution < 1.29 is 4.39 Å². The van der Waals surface area contributed by atoms with Crippen LogP contribution >= 0.6 is 22.6 Å². The second kappa shape index (κ2) is 4.14. The van der Waals surface area contributed by atoms with E-state index in [1.807, 2.05) is 26.8 Å². The van der Waals surface area contributed by atoms with Crippen molar-refractivity contribution in [3.63, 3.8) is 0 Å². The third-order valence-corrected chi connectivity index (χ3v) is 3.18. The van der Waals surface area contributed by atoms with E-state index < -0.39 is 0 Å². The summed E-state index contributed by atoms with van der Waals surface area (Å²) in [6.45, 7) is 6.04. The van der Waals surface area contributed by atoms with E-state index in [9.17, 15) is 4.39 Å². The molecule has 78 valence electrons. The summed E-state index contributed by atoms with van der Waals surface area (Å²) >= 11 is 2.12. The van der Waals surface area contributed by atoms with Crippen molar-refractivity contribution in [3.05, 3.63) is 33.1 Å². The maximum atomic E-state index is 13.5. The van der Waals surface area contributed by atoms with Gasteiger partial charge in [0.2, 0.25) is 0 Å². The van der Waals surface area contributed by atoms with Crippen molar-refractivity contribution in [2.45, 2.75) is 26.8 Å². The maximum absolute atomic E-state index is 13.5. The van der Waals surface area contributed by atoms with Crippen LogP contribution in [0.15, 0.2) is 18.2 Å². The second-order valence-electron chi connectivity index (χ2n) is 4.48. The summed E-state index contributed by atoms with van der Waals surface area (Å²) in [6, 6.07) is 4.78. The van der Waals surface area contributed by atoms with E-state index in [2.05, 4.69) is 22.6 Å². The summed E-state index contributed by atoms with van der Waals surface area (Å²) in [5.74, 6) is -0.209. The molecular formula is C11H15FIN. The third-order valence-electron chi connectivity index (χ3n) is 2.24. The molecule has 3 heteroatoms. The van der Waals surface area contributed by atoms with Crippen molar-refractivity contribution in [3.8, 4) is 0 Å². The molecule has 0 aliphatic heterocycles. The molecule has 0 saturated heterocycles. The van der Waals surface area contributed by atoms with Crippen molar-refractivity contribution in [1.29, 1.82) is 0 Å². The smallest absolute Gasteiger partial charge is 0.129 e. The predicted molar refractivity (Wildman–Crippen MR) is 65.5 cm³/mol. The third kappa shape index (κ3) is 2.45. The van der Waals surface area contributed by atoms with Gasteiger partial charge in [0.1, 0.15) is 5.82 Å². The van der Waals surface area contributed by atoms with Gasteiger partial charge in [-0.05, 0) is 40.1 Å². The second-order valence-corrected chi connectivity index (χ2v) is 5.64. The standard InChI is InChI=1S/C11H15FIN/c1-11(2,3)10(14)9-7(12)5-4-6-8(9)13/h4-6,10H,14H2,1-3H3. The fourth-order valence-electron chi connectivity index (χ4n) is 1.24. The lowest BCUT2D eigenvalue weighted by molar-refractivity contribution is 0.318. The number of benzene rings is 1. The summed E-state index contributed by atoms with van der Waals surface area (Å²) in [6.07, 6.45) is 0. The van der Waals surface area contributed by atoms with Crippen LogP contribution < -0.4 is 5.73 Å². The zero-order chi connectivity index (χ0) is 10.9. The molecular weight excluding hydrogens is 292 g/mol. The minimum atomic E-state index is -0.268. The number of hydrogen-bond acceptors (Lipinski definition) is 1. The summed E-state index contributed by atoms with van der Waals surface area (Å²) in [5.41, 5.74) is 6.53. The highest BCUT2D eigenvalue weighted by molar-refractivity contribution is 14.1. The van der Waals surface area contributed by atoms with Gasteiger partial charge in [-0.3, -0.25) is 0 Å². The van der Waals surface area contributed by atoms with Crippen LogP contribution in [-0.2, 0) is 0 Å². The molecule has 0 aliphatic rings. The quantitative estimate of drug-likeness (QED) is 0.790. The van der Waals surface area contributed by atoms with Gasteiger partial charge in [-0.15, -0.1) is 0 Å². The Morgan fingerprint density at radius 2 is 1.93 bits per heavy atom. The Balaban J connectivity index is 3.19. The lowest BCUT2D eigenvalue weighted by Gasteiger charge is -2.28. The van der Waals surface area contributed by atoms with Crippen molar-refractivity contribution >= 4 is 22.6 Å². The van der Waals surface area contributed by atoms with Gasteiger partial charge in [0.25, 0.3) is 0 Å². The molecule has 0 aliphatic carbocycles. The van der Waals surface area contributed by atoms with Crippen molar-refractivity contribution in [1.82, 2.24) is 0 Å². The molecule has 0 aromatic heterocycles. The number of rotatable bonds is 1. The largest absolute Gasteiger partial charge is 0.323 e. The van der Waals surface area contributed by atoms with Crippen LogP contribution in [0.1, 0.15) is 32.4 Å². The van der Waals surface area contributed by atoms with Crippen LogP contribution in [0.25, 0.3) is 0 Å². The lowest BCUT2D eigenvalue weighted by atomic mass is 9.83. The van der Waals surface area contributed by atoms with E-state index in [1.165, 1.54) is 6.07 Å². The van der Waals surface area contributed by atoms with Crippen LogP contribution in [0.2, 0.25) is 0 Å². The molecule has 0 amide bonds. The molecule has 1 atom stereocenters. The summed E-state index contributed by atoms with van der Waals surface area (Å²) in [7, 11) is 0. The zero-order valence-corrected chi connectivity index (χ0v) is 10.8. The highest BCUT2D eigenvalue weighted by Crippen LogP contribution is 2.34. The zero-order valence-electron chi connectivity index (χ0n) is 8.64. The monoisotopic (exact) mass is 307 g/mol. The summed E-state index contributed by atoms with van der Waals surface area (Å²) in [5, 5.41) is 0. The molecule has 0 bridgehead atoms. The predicted octanol–water partition coefficient (Wildman–Crippen LogP) is 3.48. The minimum absolute atomic E-state index is 0.123. The summed E-state index contributed by atoms with van der Waals surface area (Å²) < 4.78 is 14.4. The van der Waals surface area contributed by atoms with E-state index in [0.717, 1.165) is 3.57 Å². The molecule has 1 nitrogen and oxygen atoms in total. The van der Waals surface area contributed by atoms with E-state index in [4.69, 9.17) is 5.73 Å². The average Bonchev–Trinajstić information content (AvgIpc) is 2.01. The molecule has 1 aromatic carbocycles. The molecule has 0 heterocycles. The van der Waals surface area contributed by atoms with E-state index >= 15 is 0 Å². The van der Waals surface area contributed by atoms with Crippen molar-refractivity contribution in [2.24, 2.45) is 11.1 Å². The Morgan fingerprint density at radius 3 is 2.36 bits per heavy atom. The normalized spacial score (nSPS) is 14.1. The van der Waals surface area contributed by atoms with Crippen LogP contribution in [0, 0.1) is 14.8 Å². The molecule has 0 spiro atoms. The van der Waals surface area contributed by atoms with Gasteiger partial charge in [-0.1, -0.05) is 26.8 Å². The molecule has 0 saturated carbocycles. The van der Waals surface area contributed by atoms with Gasteiger partial charge < -0.3 is 5.73 Å². The number of nitrogens with two attached hydrogens (primary N) is 1. The molecule has 0 radical (unpaired) electrons. The van der Waals surface area contributed by atoms with Gasteiger partial charge in [0, 0.05) is 15.2 Å². The minimum Gasteiger partial charge on any atom is -0.323 e. The van der Waals surface area contributed by atoms with Gasteiger partial charge in [-0.25, -0.2) is 4.39 Å². The van der Waals surface area contributed by atoms with Crippen molar-refractivity contribution in [2.75, 3.05) is 0 Å². The highest BCUT2D eigenvalue weighted by Gasteiger charge is 2.26. The van der Waals surface area contributed by atoms with Crippen LogP contribution in [-0.4, -0.2) is 0 Å². The molecule has 0 fully saturated rings. The van der Waals surface area contributed by atoms with E-state index in [1.54, 1.807) is 6.07 Å². The van der Waals surface area contributed by atoms with E-state index in [0.29, 0.717) is 5.56 Å². The van der Waals surface area contributed by atoms with Gasteiger partial charge in [0.05, 0.1) is 0 Å².